The maximum absolute atomic E-state index is 13.1. The van der Waals surface area contributed by atoms with Crippen LogP contribution in [0.1, 0.15) is 28.8 Å². The minimum absolute atomic E-state index is 0.0667. The lowest BCUT2D eigenvalue weighted by Crippen LogP contribution is -2.54. The Balaban J connectivity index is 1.42. The smallest absolute Gasteiger partial charge is 0.321 e. The molecule has 2 saturated heterocycles. The van der Waals surface area contributed by atoms with Gasteiger partial charge in [0.2, 0.25) is 0 Å². The maximum Gasteiger partial charge on any atom is 0.321 e. The number of aryl methyl sites for hydroxylation is 1. The Kier molecular flexibility index (Phi) is 5.88. The van der Waals surface area contributed by atoms with Gasteiger partial charge in [-0.2, -0.15) is 0 Å². The average molecular weight is 474 g/mol. The van der Waals surface area contributed by atoms with Crippen LogP contribution in [-0.2, 0) is 0 Å². The van der Waals surface area contributed by atoms with Gasteiger partial charge in [0.25, 0.3) is 5.91 Å². The third-order valence-electron chi connectivity index (χ3n) is 5.73. The van der Waals surface area contributed by atoms with E-state index in [1.807, 2.05) is 77.0 Å². The minimum Gasteiger partial charge on any atom is -0.324 e. The molecule has 152 valence electrons. The Morgan fingerprint density at radius 2 is 1.72 bits per heavy atom. The van der Waals surface area contributed by atoms with Crippen molar-refractivity contribution in [2.75, 3.05) is 30.7 Å². The minimum atomic E-state index is -0.205. The van der Waals surface area contributed by atoms with Gasteiger partial charge in [0.05, 0.1) is 4.87 Å². The summed E-state index contributed by atoms with van der Waals surface area (Å²) in [7, 11) is 0. The number of piperidine rings is 1. The van der Waals surface area contributed by atoms with Crippen molar-refractivity contribution in [3.8, 4) is 0 Å². The number of nitrogens with zero attached hydrogens (tertiary/aromatic N) is 2. The first-order chi connectivity index (χ1) is 14.0. The summed E-state index contributed by atoms with van der Waals surface area (Å²) in [5.41, 5.74) is 2.61. The number of amides is 3. The number of benzene rings is 2. The van der Waals surface area contributed by atoms with Crippen LogP contribution in [0.3, 0.4) is 0 Å². The molecule has 2 aromatic carbocycles. The predicted octanol–water partition coefficient (Wildman–Crippen LogP) is 4.97. The van der Waals surface area contributed by atoms with Gasteiger partial charge < -0.3 is 15.1 Å². The first-order valence-corrected chi connectivity index (χ1v) is 11.6. The monoisotopic (exact) mass is 473 g/mol. The van der Waals surface area contributed by atoms with Crippen LogP contribution in [-0.4, -0.2) is 52.0 Å². The van der Waals surface area contributed by atoms with Crippen LogP contribution in [0.5, 0.6) is 0 Å². The van der Waals surface area contributed by atoms with Gasteiger partial charge in [-0.15, -0.1) is 11.8 Å². The summed E-state index contributed by atoms with van der Waals surface area (Å²) >= 11 is 5.28. The van der Waals surface area contributed by atoms with Crippen molar-refractivity contribution in [3.05, 3.63) is 64.1 Å². The molecule has 0 radical (unpaired) electrons. The van der Waals surface area contributed by atoms with E-state index in [2.05, 4.69) is 21.2 Å². The molecule has 0 unspecified atom stereocenters. The molecule has 2 fully saturated rings. The van der Waals surface area contributed by atoms with Crippen LogP contribution in [0.15, 0.2) is 53.0 Å². The molecule has 2 aliphatic rings. The van der Waals surface area contributed by atoms with Crippen molar-refractivity contribution < 1.29 is 9.59 Å². The number of carbonyl (C=O) groups excluding carboxylic acids is 2. The molecule has 29 heavy (non-hydrogen) atoms. The summed E-state index contributed by atoms with van der Waals surface area (Å²) in [5, 5.41) is 3.02. The number of nitrogens with one attached hydrogen (secondary N) is 1. The second-order valence-corrected chi connectivity index (χ2v) is 9.86. The van der Waals surface area contributed by atoms with E-state index in [0.717, 1.165) is 46.4 Å². The standard InChI is InChI=1S/C22H24BrN3O2S/c1-16-4-2-3-5-19(16)24-21(28)25-12-10-22(11-13-25)26(14-15-29-22)20(27)17-6-8-18(23)9-7-17/h2-9H,10-15H2,1H3,(H,24,28). The third-order valence-corrected chi connectivity index (χ3v) is 7.81. The van der Waals surface area contributed by atoms with E-state index in [4.69, 9.17) is 0 Å². The Labute approximate surface area is 184 Å². The lowest BCUT2D eigenvalue weighted by Gasteiger charge is -2.44. The van der Waals surface area contributed by atoms with Crippen LogP contribution in [0, 0.1) is 6.92 Å². The van der Waals surface area contributed by atoms with E-state index < -0.39 is 0 Å². The highest BCUT2D eigenvalue weighted by Crippen LogP contribution is 2.44. The maximum atomic E-state index is 13.1. The molecule has 2 heterocycles. The van der Waals surface area contributed by atoms with Gasteiger partial charge in [-0.25, -0.2) is 4.79 Å². The molecule has 2 aliphatic heterocycles. The van der Waals surface area contributed by atoms with Gasteiger partial charge in [0.15, 0.2) is 0 Å². The van der Waals surface area contributed by atoms with E-state index in [1.54, 1.807) is 0 Å². The number of urea groups is 1. The van der Waals surface area contributed by atoms with Crippen molar-refractivity contribution in [2.24, 2.45) is 0 Å². The van der Waals surface area contributed by atoms with Crippen LogP contribution in [0.4, 0.5) is 10.5 Å². The third kappa shape index (κ3) is 4.16. The molecule has 1 N–H and O–H groups in total. The van der Waals surface area contributed by atoms with Crippen LogP contribution in [0.25, 0.3) is 0 Å². The number of para-hydroxylation sites is 1. The lowest BCUT2D eigenvalue weighted by molar-refractivity contribution is 0.0585. The Bertz CT molecular complexity index is 911. The van der Waals surface area contributed by atoms with E-state index in [0.29, 0.717) is 13.1 Å². The van der Waals surface area contributed by atoms with Gasteiger partial charge in [-0.1, -0.05) is 34.1 Å². The predicted molar refractivity (Wildman–Crippen MR) is 121 cm³/mol. The average Bonchev–Trinajstić information content (AvgIpc) is 3.13. The second-order valence-electron chi connectivity index (χ2n) is 7.49. The summed E-state index contributed by atoms with van der Waals surface area (Å²) in [6, 6.07) is 15.3. The molecular weight excluding hydrogens is 450 g/mol. The SMILES string of the molecule is Cc1ccccc1NC(=O)N1CCC2(CC1)SCCN2C(=O)c1ccc(Br)cc1. The summed E-state index contributed by atoms with van der Waals surface area (Å²) in [6.07, 6.45) is 1.59. The topological polar surface area (TPSA) is 52.7 Å². The second kappa shape index (κ2) is 8.40. The van der Waals surface area contributed by atoms with Crippen molar-refractivity contribution in [1.82, 2.24) is 9.80 Å². The van der Waals surface area contributed by atoms with Crippen molar-refractivity contribution in [3.63, 3.8) is 0 Å². The number of likely N-dealkylation sites (tertiary alicyclic amines) is 1. The van der Waals surface area contributed by atoms with Crippen LogP contribution >= 0.6 is 27.7 Å². The lowest BCUT2D eigenvalue weighted by atomic mass is 10.0. The number of thioether (sulfide) groups is 1. The van der Waals surface area contributed by atoms with E-state index >= 15 is 0 Å². The molecule has 3 amide bonds. The Hall–Kier alpha value is -1.99. The van der Waals surface area contributed by atoms with Crippen LogP contribution in [0.2, 0.25) is 0 Å². The highest BCUT2D eigenvalue weighted by Gasteiger charge is 2.47. The molecule has 0 aromatic heterocycles. The molecule has 4 rings (SSSR count). The van der Waals surface area contributed by atoms with Crippen molar-refractivity contribution in [2.45, 2.75) is 24.6 Å². The zero-order chi connectivity index (χ0) is 20.4. The summed E-state index contributed by atoms with van der Waals surface area (Å²) < 4.78 is 0.965. The number of carbonyl (C=O) groups is 2. The number of hydrogen-bond donors (Lipinski definition) is 1. The van der Waals surface area contributed by atoms with Gasteiger partial charge >= 0.3 is 6.03 Å². The van der Waals surface area contributed by atoms with E-state index in [-0.39, 0.29) is 16.8 Å². The zero-order valence-corrected chi connectivity index (χ0v) is 18.8. The quantitative estimate of drug-likeness (QED) is 0.669. The van der Waals surface area contributed by atoms with Crippen LogP contribution < -0.4 is 5.32 Å². The zero-order valence-electron chi connectivity index (χ0n) is 16.4. The fourth-order valence-electron chi connectivity index (χ4n) is 4.02. The van der Waals surface area contributed by atoms with Gasteiger partial charge in [0, 0.05) is 41.1 Å². The first kappa shape index (κ1) is 20.3. The van der Waals surface area contributed by atoms with Gasteiger partial charge in [-0.3, -0.25) is 4.79 Å². The fraction of sp³-hybridized carbons (Fsp3) is 0.364. The fourth-order valence-corrected chi connectivity index (χ4v) is 5.74. The number of rotatable bonds is 2. The molecule has 5 nitrogen and oxygen atoms in total. The van der Waals surface area contributed by atoms with Gasteiger partial charge in [-0.05, 0) is 55.7 Å². The molecular formula is C22H24BrN3O2S. The molecule has 0 aliphatic carbocycles. The molecule has 1 spiro atoms. The normalized spacial score (nSPS) is 18.1. The first-order valence-electron chi connectivity index (χ1n) is 9.82. The summed E-state index contributed by atoms with van der Waals surface area (Å²) in [4.78, 5) is 29.5. The summed E-state index contributed by atoms with van der Waals surface area (Å²) in [5.74, 6) is 1.03. The molecule has 0 atom stereocenters. The summed E-state index contributed by atoms with van der Waals surface area (Å²) in [6.45, 7) is 4.04. The van der Waals surface area contributed by atoms with E-state index in [9.17, 15) is 9.59 Å². The van der Waals surface area contributed by atoms with Gasteiger partial charge in [0.1, 0.15) is 0 Å². The number of hydrogen-bond acceptors (Lipinski definition) is 3. The highest BCUT2D eigenvalue weighted by atomic mass is 79.9. The molecule has 0 bridgehead atoms. The number of anilines is 1. The van der Waals surface area contributed by atoms with Crippen molar-refractivity contribution >= 4 is 45.3 Å². The molecule has 0 saturated carbocycles. The Morgan fingerprint density at radius 1 is 1.03 bits per heavy atom. The number of halogens is 1. The Morgan fingerprint density at radius 3 is 2.41 bits per heavy atom. The largest absolute Gasteiger partial charge is 0.324 e. The molecule has 7 heteroatoms. The highest BCUT2D eigenvalue weighted by molar-refractivity contribution is 9.10. The molecule has 2 aromatic rings. The van der Waals surface area contributed by atoms with E-state index in [1.165, 1.54) is 0 Å². The van der Waals surface area contributed by atoms with Crippen molar-refractivity contribution in [1.29, 1.82) is 0 Å².